The lowest BCUT2D eigenvalue weighted by atomic mass is 9.94. The number of hydrogen-bond acceptors (Lipinski definition) is 3. The largest absolute Gasteiger partial charge is 0.495 e. The number of halogens is 3. The van der Waals surface area contributed by atoms with E-state index in [0.717, 1.165) is 0 Å². The third-order valence-electron chi connectivity index (χ3n) is 2.92. The predicted molar refractivity (Wildman–Crippen MR) is 65.8 cm³/mol. The molecule has 0 saturated heterocycles. The number of hydrogen-bond donors (Lipinski definition) is 0. The Morgan fingerprint density at radius 1 is 1.39 bits per heavy atom. The first-order valence-electron chi connectivity index (χ1n) is 5.21. The molecule has 1 saturated carbocycles. The fraction of sp³-hybridized carbons (Fsp3) is 0.455. The van der Waals surface area contributed by atoms with Gasteiger partial charge in [0.2, 0.25) is 0 Å². The first-order valence-corrected chi connectivity index (χ1v) is 7.55. The van der Waals surface area contributed by atoms with Crippen molar-refractivity contribution in [2.24, 2.45) is 0 Å². The van der Waals surface area contributed by atoms with Gasteiger partial charge in [-0.2, -0.15) is 0 Å². The number of sulfone groups is 1. The molecule has 1 aromatic rings. The summed E-state index contributed by atoms with van der Waals surface area (Å²) in [7, 11) is -2.43. The molecule has 0 unspecified atom stereocenters. The maximum atomic E-state index is 12.8. The fourth-order valence-electron chi connectivity index (χ4n) is 1.88. The molecule has 0 N–H and O–H groups in total. The van der Waals surface area contributed by atoms with Crippen LogP contribution in [0.4, 0.5) is 8.78 Å². The lowest BCUT2D eigenvalue weighted by molar-refractivity contribution is -0.0686. The van der Waals surface area contributed by atoms with Crippen molar-refractivity contribution in [1.82, 2.24) is 0 Å². The summed E-state index contributed by atoms with van der Waals surface area (Å²) in [6, 6.07) is 4.51. The van der Waals surface area contributed by atoms with E-state index >= 15 is 0 Å². The van der Waals surface area contributed by atoms with Gasteiger partial charge in [0, 0.05) is 17.3 Å². The van der Waals surface area contributed by atoms with E-state index < -0.39 is 33.9 Å². The Balaban J connectivity index is 2.39. The highest BCUT2D eigenvalue weighted by molar-refractivity contribution is 9.10. The van der Waals surface area contributed by atoms with Gasteiger partial charge in [-0.3, -0.25) is 0 Å². The minimum absolute atomic E-state index is 0.0418. The van der Waals surface area contributed by atoms with Gasteiger partial charge >= 0.3 is 0 Å². The van der Waals surface area contributed by atoms with Gasteiger partial charge in [-0.15, -0.1) is 0 Å². The molecule has 0 bridgehead atoms. The Bertz CT molecular complexity index is 564. The molecule has 0 aromatic heterocycles. The standard InChI is InChI=1S/C11H11BrF2O3S/c1-17-9-3-2-7(12)4-10(9)18(15,16)8-5-11(13,14)6-8/h2-4,8H,5-6H2,1H3. The molecular formula is C11H11BrF2O3S. The second-order valence-electron chi connectivity index (χ2n) is 4.23. The summed E-state index contributed by atoms with van der Waals surface area (Å²) in [6.07, 6.45) is -1.24. The third-order valence-corrected chi connectivity index (χ3v) is 5.56. The van der Waals surface area contributed by atoms with Gasteiger partial charge in [0.05, 0.1) is 12.4 Å². The van der Waals surface area contributed by atoms with Crippen molar-refractivity contribution in [2.75, 3.05) is 7.11 Å². The third kappa shape index (κ3) is 2.38. The maximum Gasteiger partial charge on any atom is 0.250 e. The van der Waals surface area contributed by atoms with Crippen LogP contribution >= 0.6 is 15.9 Å². The Kier molecular flexibility index (Phi) is 3.40. The average Bonchev–Trinajstić information content (AvgIpc) is 2.25. The van der Waals surface area contributed by atoms with Crippen molar-refractivity contribution >= 4 is 25.8 Å². The van der Waals surface area contributed by atoms with E-state index in [0.29, 0.717) is 4.47 Å². The molecule has 0 radical (unpaired) electrons. The van der Waals surface area contributed by atoms with E-state index in [9.17, 15) is 17.2 Å². The molecule has 0 amide bonds. The normalized spacial score (nSPS) is 19.3. The van der Waals surface area contributed by atoms with Crippen molar-refractivity contribution in [1.29, 1.82) is 0 Å². The summed E-state index contributed by atoms with van der Waals surface area (Å²) in [6.45, 7) is 0. The van der Waals surface area contributed by atoms with Gasteiger partial charge in [-0.25, -0.2) is 17.2 Å². The van der Waals surface area contributed by atoms with Gasteiger partial charge in [0.25, 0.3) is 5.92 Å². The lowest BCUT2D eigenvalue weighted by Gasteiger charge is -2.34. The van der Waals surface area contributed by atoms with Crippen molar-refractivity contribution in [3.8, 4) is 5.75 Å². The molecule has 1 aliphatic rings. The second-order valence-corrected chi connectivity index (χ2v) is 7.34. The van der Waals surface area contributed by atoms with Crippen LogP contribution in [0.2, 0.25) is 0 Å². The zero-order valence-corrected chi connectivity index (χ0v) is 11.9. The van der Waals surface area contributed by atoms with E-state index in [1.54, 1.807) is 6.07 Å². The average molecular weight is 341 g/mol. The molecular weight excluding hydrogens is 330 g/mol. The van der Waals surface area contributed by atoms with Gasteiger partial charge in [0.15, 0.2) is 9.84 Å². The van der Waals surface area contributed by atoms with Crippen molar-refractivity contribution in [3.63, 3.8) is 0 Å². The summed E-state index contributed by atoms with van der Waals surface area (Å²) >= 11 is 3.16. The van der Waals surface area contributed by atoms with Crippen molar-refractivity contribution in [2.45, 2.75) is 28.9 Å². The Labute approximate surface area is 112 Å². The number of ether oxygens (including phenoxy) is 1. The maximum absolute atomic E-state index is 12.8. The molecule has 1 aromatic carbocycles. The molecule has 1 fully saturated rings. The topological polar surface area (TPSA) is 43.4 Å². The fourth-order valence-corrected chi connectivity index (χ4v) is 4.40. The van der Waals surface area contributed by atoms with Gasteiger partial charge in [0.1, 0.15) is 10.6 Å². The highest BCUT2D eigenvalue weighted by Crippen LogP contribution is 2.45. The quantitative estimate of drug-likeness (QED) is 0.849. The molecule has 3 nitrogen and oxygen atoms in total. The minimum Gasteiger partial charge on any atom is -0.495 e. The Morgan fingerprint density at radius 3 is 2.50 bits per heavy atom. The molecule has 0 spiro atoms. The van der Waals surface area contributed by atoms with Crippen LogP contribution in [-0.4, -0.2) is 26.7 Å². The zero-order valence-electron chi connectivity index (χ0n) is 9.49. The van der Waals surface area contributed by atoms with Crippen LogP contribution in [0, 0.1) is 0 Å². The summed E-state index contributed by atoms with van der Waals surface area (Å²) in [4.78, 5) is -0.0418. The lowest BCUT2D eigenvalue weighted by Crippen LogP contribution is -2.44. The predicted octanol–water partition coefficient (Wildman–Crippen LogP) is 3.03. The van der Waals surface area contributed by atoms with Gasteiger partial charge < -0.3 is 4.74 Å². The Hall–Kier alpha value is -0.690. The van der Waals surface area contributed by atoms with E-state index in [2.05, 4.69) is 15.9 Å². The van der Waals surface area contributed by atoms with Crippen LogP contribution in [0.5, 0.6) is 5.75 Å². The van der Waals surface area contributed by atoms with Crippen LogP contribution in [0.3, 0.4) is 0 Å². The second kappa shape index (κ2) is 4.45. The SMILES string of the molecule is COc1ccc(Br)cc1S(=O)(=O)C1CC(F)(F)C1. The Morgan fingerprint density at radius 2 is 2.00 bits per heavy atom. The molecule has 0 heterocycles. The summed E-state index contributed by atoms with van der Waals surface area (Å²) < 4.78 is 55.5. The summed E-state index contributed by atoms with van der Waals surface area (Å²) in [5, 5.41) is -1.03. The highest BCUT2D eigenvalue weighted by Gasteiger charge is 2.52. The number of alkyl halides is 2. The first-order chi connectivity index (χ1) is 8.26. The van der Waals surface area contributed by atoms with E-state index in [4.69, 9.17) is 4.74 Å². The number of rotatable bonds is 3. The number of methoxy groups -OCH3 is 1. The van der Waals surface area contributed by atoms with Crippen molar-refractivity contribution < 1.29 is 21.9 Å². The molecule has 2 rings (SSSR count). The first kappa shape index (κ1) is 13.7. The molecule has 1 aliphatic carbocycles. The van der Waals surface area contributed by atoms with Crippen molar-refractivity contribution in [3.05, 3.63) is 22.7 Å². The van der Waals surface area contributed by atoms with E-state index in [-0.39, 0.29) is 10.6 Å². The highest BCUT2D eigenvalue weighted by atomic mass is 79.9. The van der Waals surface area contributed by atoms with Crippen LogP contribution < -0.4 is 4.74 Å². The minimum atomic E-state index is -3.77. The van der Waals surface area contributed by atoms with Crippen LogP contribution in [0.1, 0.15) is 12.8 Å². The monoisotopic (exact) mass is 340 g/mol. The van der Waals surface area contributed by atoms with E-state index in [1.165, 1.54) is 19.2 Å². The van der Waals surface area contributed by atoms with Crippen LogP contribution in [0.25, 0.3) is 0 Å². The molecule has 0 atom stereocenters. The molecule has 100 valence electrons. The van der Waals surface area contributed by atoms with E-state index in [1.807, 2.05) is 0 Å². The summed E-state index contributed by atoms with van der Waals surface area (Å²) in [5.74, 6) is -2.69. The smallest absolute Gasteiger partial charge is 0.250 e. The summed E-state index contributed by atoms with van der Waals surface area (Å²) in [5.41, 5.74) is 0. The number of benzene rings is 1. The van der Waals surface area contributed by atoms with Gasteiger partial charge in [-0.05, 0) is 18.2 Å². The molecule has 18 heavy (non-hydrogen) atoms. The van der Waals surface area contributed by atoms with Gasteiger partial charge in [-0.1, -0.05) is 15.9 Å². The molecule has 7 heteroatoms. The molecule has 0 aliphatic heterocycles. The van der Waals surface area contributed by atoms with Crippen LogP contribution in [-0.2, 0) is 9.84 Å². The van der Waals surface area contributed by atoms with Crippen LogP contribution in [0.15, 0.2) is 27.6 Å². The zero-order chi connectivity index (χ0) is 13.6.